The quantitative estimate of drug-likeness (QED) is 0.447. The molecule has 0 aromatic heterocycles. The summed E-state index contributed by atoms with van der Waals surface area (Å²) in [7, 11) is 0. The fourth-order valence-electron chi connectivity index (χ4n) is 3.71. The van der Waals surface area contributed by atoms with Gasteiger partial charge >= 0.3 is 0 Å². The molecule has 9 heteroatoms. The molecule has 1 aliphatic rings. The Bertz CT molecular complexity index is 1220. The standard InChI is InChI=1S/C26H23BrFN3O4/c27-19-6-11-23(22(28)13-19)30-24(32)16-35-21-9-7-20(8-10-21)31-15-18(12-25(31)33)26(34)29-14-17-4-2-1-3-5-17/h1-11,13,18H,12,14-16H2,(H,29,34)(H,30,32)/t18-/m1/s1. The molecule has 1 saturated heterocycles. The summed E-state index contributed by atoms with van der Waals surface area (Å²) in [5.41, 5.74) is 1.70. The van der Waals surface area contributed by atoms with Gasteiger partial charge in [0, 0.05) is 29.7 Å². The van der Waals surface area contributed by atoms with Gasteiger partial charge in [0.2, 0.25) is 11.8 Å². The van der Waals surface area contributed by atoms with Crippen molar-refractivity contribution >= 4 is 45.0 Å². The van der Waals surface area contributed by atoms with Crippen LogP contribution < -0.4 is 20.3 Å². The van der Waals surface area contributed by atoms with Crippen molar-refractivity contribution in [2.24, 2.45) is 5.92 Å². The van der Waals surface area contributed by atoms with Gasteiger partial charge in [-0.1, -0.05) is 46.3 Å². The Labute approximate surface area is 210 Å². The lowest BCUT2D eigenvalue weighted by atomic mass is 10.1. The first-order valence-electron chi connectivity index (χ1n) is 11.0. The molecule has 4 rings (SSSR count). The van der Waals surface area contributed by atoms with Crippen molar-refractivity contribution in [1.29, 1.82) is 0 Å². The van der Waals surface area contributed by atoms with Gasteiger partial charge in [-0.15, -0.1) is 0 Å². The smallest absolute Gasteiger partial charge is 0.262 e. The van der Waals surface area contributed by atoms with E-state index in [2.05, 4.69) is 26.6 Å². The SMILES string of the molecule is O=C(COc1ccc(N2C[C@H](C(=O)NCc3ccccc3)CC2=O)cc1)Nc1ccc(Br)cc1F. The molecule has 3 aromatic carbocycles. The molecule has 1 heterocycles. The number of hydrogen-bond donors (Lipinski definition) is 2. The van der Waals surface area contributed by atoms with Crippen LogP contribution in [0.4, 0.5) is 15.8 Å². The van der Waals surface area contributed by atoms with Crippen LogP contribution in [0.25, 0.3) is 0 Å². The Balaban J connectivity index is 1.27. The Hall–Kier alpha value is -3.72. The van der Waals surface area contributed by atoms with Crippen LogP contribution in [0, 0.1) is 11.7 Å². The third-order valence-corrected chi connectivity index (χ3v) is 6.02. The van der Waals surface area contributed by atoms with E-state index in [1.807, 2.05) is 30.3 Å². The summed E-state index contributed by atoms with van der Waals surface area (Å²) in [4.78, 5) is 38.7. The minimum Gasteiger partial charge on any atom is -0.484 e. The Morgan fingerprint density at radius 3 is 2.51 bits per heavy atom. The second-order valence-corrected chi connectivity index (χ2v) is 8.98. The average Bonchev–Trinajstić information content (AvgIpc) is 3.25. The molecule has 3 aromatic rings. The van der Waals surface area contributed by atoms with Crippen LogP contribution >= 0.6 is 15.9 Å². The van der Waals surface area contributed by atoms with Gasteiger partial charge in [-0.25, -0.2) is 4.39 Å². The van der Waals surface area contributed by atoms with Crippen molar-refractivity contribution in [3.05, 3.63) is 88.6 Å². The number of rotatable bonds is 8. The molecule has 2 N–H and O–H groups in total. The van der Waals surface area contributed by atoms with Gasteiger partial charge in [-0.2, -0.15) is 0 Å². The summed E-state index contributed by atoms with van der Waals surface area (Å²) in [6, 6.07) is 20.6. The van der Waals surface area contributed by atoms with Crippen molar-refractivity contribution in [3.63, 3.8) is 0 Å². The summed E-state index contributed by atoms with van der Waals surface area (Å²) in [5, 5.41) is 5.35. The fraction of sp³-hybridized carbons (Fsp3) is 0.192. The lowest BCUT2D eigenvalue weighted by molar-refractivity contribution is -0.126. The largest absolute Gasteiger partial charge is 0.484 e. The second kappa shape index (κ2) is 11.1. The van der Waals surface area contributed by atoms with Crippen molar-refractivity contribution in [2.75, 3.05) is 23.4 Å². The van der Waals surface area contributed by atoms with E-state index in [0.29, 0.717) is 29.0 Å². The van der Waals surface area contributed by atoms with E-state index in [0.717, 1.165) is 5.56 Å². The molecule has 1 aliphatic heterocycles. The van der Waals surface area contributed by atoms with Crippen LogP contribution in [0.5, 0.6) is 5.75 Å². The van der Waals surface area contributed by atoms with Gasteiger partial charge < -0.3 is 20.3 Å². The Morgan fingerprint density at radius 1 is 1.06 bits per heavy atom. The highest BCUT2D eigenvalue weighted by Gasteiger charge is 2.35. The lowest BCUT2D eigenvalue weighted by Crippen LogP contribution is -2.32. The maximum absolute atomic E-state index is 13.9. The molecular formula is C26H23BrFN3O4. The third-order valence-electron chi connectivity index (χ3n) is 5.53. The molecule has 7 nitrogen and oxygen atoms in total. The number of nitrogens with one attached hydrogen (secondary N) is 2. The summed E-state index contributed by atoms with van der Waals surface area (Å²) in [5.74, 6) is -1.35. The average molecular weight is 540 g/mol. The van der Waals surface area contributed by atoms with Crippen LogP contribution in [0.1, 0.15) is 12.0 Å². The number of hydrogen-bond acceptors (Lipinski definition) is 4. The highest BCUT2D eigenvalue weighted by atomic mass is 79.9. The fourth-order valence-corrected chi connectivity index (χ4v) is 4.04. The number of nitrogens with zero attached hydrogens (tertiary/aromatic N) is 1. The number of anilines is 2. The lowest BCUT2D eigenvalue weighted by Gasteiger charge is -2.17. The van der Waals surface area contributed by atoms with Gasteiger partial charge in [0.1, 0.15) is 11.6 Å². The normalized spacial score (nSPS) is 15.1. The molecule has 0 aliphatic carbocycles. The Kier molecular flexibility index (Phi) is 7.77. The van der Waals surface area contributed by atoms with Gasteiger partial charge in [-0.05, 0) is 48.0 Å². The van der Waals surface area contributed by atoms with Gasteiger partial charge in [0.05, 0.1) is 11.6 Å². The third kappa shape index (κ3) is 6.45. The van der Waals surface area contributed by atoms with E-state index < -0.39 is 17.6 Å². The molecule has 0 spiro atoms. The van der Waals surface area contributed by atoms with E-state index in [1.165, 1.54) is 12.1 Å². The first-order chi connectivity index (χ1) is 16.9. The number of carbonyl (C=O) groups excluding carboxylic acids is 3. The van der Waals surface area contributed by atoms with Crippen LogP contribution in [0.3, 0.4) is 0 Å². The van der Waals surface area contributed by atoms with Crippen molar-refractivity contribution in [2.45, 2.75) is 13.0 Å². The molecular weight excluding hydrogens is 517 g/mol. The highest BCUT2D eigenvalue weighted by molar-refractivity contribution is 9.10. The molecule has 180 valence electrons. The van der Waals surface area contributed by atoms with E-state index in [-0.39, 0.29) is 30.5 Å². The molecule has 0 radical (unpaired) electrons. The van der Waals surface area contributed by atoms with E-state index in [4.69, 9.17) is 4.74 Å². The molecule has 0 unspecified atom stereocenters. The minimum absolute atomic E-state index is 0.0621. The molecule has 0 saturated carbocycles. The second-order valence-electron chi connectivity index (χ2n) is 8.06. The summed E-state index contributed by atoms with van der Waals surface area (Å²) >= 11 is 3.16. The minimum atomic E-state index is -0.556. The number of carbonyl (C=O) groups is 3. The molecule has 3 amide bonds. The van der Waals surface area contributed by atoms with Crippen molar-refractivity contribution in [1.82, 2.24) is 5.32 Å². The molecule has 1 fully saturated rings. The summed E-state index contributed by atoms with van der Waals surface area (Å²) in [6.07, 6.45) is 0.145. The number of ether oxygens (including phenoxy) is 1. The van der Waals surface area contributed by atoms with Gasteiger partial charge in [0.25, 0.3) is 5.91 Å². The highest BCUT2D eigenvalue weighted by Crippen LogP contribution is 2.27. The van der Waals surface area contributed by atoms with Crippen LogP contribution in [-0.2, 0) is 20.9 Å². The summed E-state index contributed by atoms with van der Waals surface area (Å²) in [6.45, 7) is 0.403. The van der Waals surface area contributed by atoms with E-state index in [9.17, 15) is 18.8 Å². The zero-order valence-electron chi connectivity index (χ0n) is 18.7. The number of halogens is 2. The predicted octanol–water partition coefficient (Wildman–Crippen LogP) is 4.28. The maximum Gasteiger partial charge on any atom is 0.262 e. The first kappa shape index (κ1) is 24.4. The number of amides is 3. The van der Waals surface area contributed by atoms with E-state index >= 15 is 0 Å². The topological polar surface area (TPSA) is 87.7 Å². The van der Waals surface area contributed by atoms with Crippen molar-refractivity contribution < 1.29 is 23.5 Å². The van der Waals surface area contributed by atoms with Crippen LogP contribution in [-0.4, -0.2) is 30.9 Å². The van der Waals surface area contributed by atoms with E-state index in [1.54, 1.807) is 35.2 Å². The van der Waals surface area contributed by atoms with Crippen molar-refractivity contribution in [3.8, 4) is 5.75 Å². The van der Waals surface area contributed by atoms with Gasteiger partial charge in [-0.3, -0.25) is 14.4 Å². The molecule has 1 atom stereocenters. The predicted molar refractivity (Wildman–Crippen MR) is 133 cm³/mol. The monoisotopic (exact) mass is 539 g/mol. The first-order valence-corrected chi connectivity index (χ1v) is 11.8. The zero-order chi connectivity index (χ0) is 24.8. The number of benzene rings is 3. The Morgan fingerprint density at radius 2 is 1.80 bits per heavy atom. The summed E-state index contributed by atoms with van der Waals surface area (Å²) < 4.78 is 19.9. The zero-order valence-corrected chi connectivity index (χ0v) is 20.3. The van der Waals surface area contributed by atoms with Crippen LogP contribution in [0.15, 0.2) is 77.3 Å². The molecule has 35 heavy (non-hydrogen) atoms. The molecule has 0 bridgehead atoms. The van der Waals surface area contributed by atoms with Gasteiger partial charge in [0.15, 0.2) is 6.61 Å². The maximum atomic E-state index is 13.9. The van der Waals surface area contributed by atoms with Crippen LogP contribution in [0.2, 0.25) is 0 Å².